The van der Waals surface area contributed by atoms with E-state index in [9.17, 15) is 13.6 Å². The summed E-state index contributed by atoms with van der Waals surface area (Å²) in [5.74, 6) is 1.41. The van der Waals surface area contributed by atoms with Crippen LogP contribution in [0.5, 0.6) is 11.5 Å². The zero-order valence-corrected chi connectivity index (χ0v) is 25.7. The molecule has 0 atom stereocenters. The van der Waals surface area contributed by atoms with Crippen LogP contribution in [0.15, 0.2) is 101 Å². The Morgan fingerprint density at radius 1 is 0.956 bits per heavy atom. The largest absolute Gasteiger partial charge is 0.739 e. The van der Waals surface area contributed by atoms with Crippen LogP contribution < -0.4 is 30.1 Å². The van der Waals surface area contributed by atoms with Crippen molar-refractivity contribution in [2.75, 3.05) is 43.8 Å². The van der Waals surface area contributed by atoms with Crippen LogP contribution in [0.25, 0.3) is 11.1 Å². The first-order chi connectivity index (χ1) is 21.9. The summed E-state index contributed by atoms with van der Waals surface area (Å²) in [6.07, 6.45) is 2.32. The van der Waals surface area contributed by atoms with Gasteiger partial charge < -0.3 is 30.1 Å². The molecule has 0 unspecified atom stereocenters. The minimum atomic E-state index is -3.63. The van der Waals surface area contributed by atoms with Crippen LogP contribution in [0.2, 0.25) is 0 Å². The third-order valence-corrected chi connectivity index (χ3v) is 9.17. The average Bonchev–Trinajstić information content (AvgIpc) is 3.58. The third-order valence-electron chi connectivity index (χ3n) is 7.69. The number of hydrazine groups is 1. The molecule has 0 amide bonds. The molecule has 11 nitrogen and oxygen atoms in total. The maximum absolute atomic E-state index is 13.1. The molecule has 0 bridgehead atoms. The van der Waals surface area contributed by atoms with Gasteiger partial charge in [-0.25, -0.2) is 18.1 Å². The van der Waals surface area contributed by atoms with Gasteiger partial charge in [0.1, 0.15) is 18.1 Å². The number of fused-ring (bicyclic) bond motifs is 1. The third kappa shape index (κ3) is 7.37. The molecule has 45 heavy (non-hydrogen) atoms. The minimum Gasteiger partial charge on any atom is -0.739 e. The van der Waals surface area contributed by atoms with E-state index in [1.54, 1.807) is 31.4 Å². The molecule has 0 saturated carbocycles. The van der Waals surface area contributed by atoms with Crippen molar-refractivity contribution in [3.8, 4) is 22.6 Å². The van der Waals surface area contributed by atoms with Crippen LogP contribution in [0.3, 0.4) is 0 Å². The smallest absolute Gasteiger partial charge is 0.240 e. The number of likely N-dealkylation sites (tertiary alicyclic amines) is 1. The summed E-state index contributed by atoms with van der Waals surface area (Å²) in [6.45, 7) is 3.51. The molecule has 234 valence electrons. The van der Waals surface area contributed by atoms with Gasteiger partial charge in [-0.2, -0.15) is 0 Å². The van der Waals surface area contributed by atoms with Gasteiger partial charge in [-0.15, -0.1) is 0 Å². The molecular formula is C33H35N6O5S-. The number of nitrogens with one attached hydrogen (secondary N) is 3. The maximum atomic E-state index is 13.1. The number of sulfonamides is 1. The monoisotopic (exact) mass is 627 g/mol. The van der Waals surface area contributed by atoms with Crippen LogP contribution in [-0.4, -0.2) is 52.6 Å². The van der Waals surface area contributed by atoms with E-state index in [1.165, 1.54) is 12.1 Å². The van der Waals surface area contributed by atoms with E-state index < -0.39 is 10.0 Å². The second-order valence-electron chi connectivity index (χ2n) is 10.8. The molecule has 2 aliphatic rings. The van der Waals surface area contributed by atoms with E-state index in [0.29, 0.717) is 59.0 Å². The van der Waals surface area contributed by atoms with Crippen LogP contribution in [0, 0.1) is 5.21 Å². The molecule has 12 heteroatoms. The van der Waals surface area contributed by atoms with Crippen molar-refractivity contribution in [2.24, 2.45) is 4.99 Å². The SMILES string of the molecule is COc1cc2c(cc1-c1cccc(OCc3ccccc3)c1)N([O-])NC(Nc1ccc(S(=O)(=O)NCCN3CCCC3)cc1)=N2. The number of hydrogen-bond donors (Lipinski definition) is 3. The normalized spacial score (nSPS) is 14.8. The zero-order chi connectivity index (χ0) is 31.2. The summed E-state index contributed by atoms with van der Waals surface area (Å²) in [7, 11) is -2.07. The van der Waals surface area contributed by atoms with E-state index in [1.807, 2.05) is 54.6 Å². The Bertz CT molecular complexity index is 1760. The van der Waals surface area contributed by atoms with Crippen molar-refractivity contribution >= 4 is 33.0 Å². The van der Waals surface area contributed by atoms with Gasteiger partial charge in [0.25, 0.3) is 0 Å². The molecule has 2 aliphatic heterocycles. The van der Waals surface area contributed by atoms with Crippen LogP contribution in [0.4, 0.5) is 17.1 Å². The Morgan fingerprint density at radius 3 is 2.49 bits per heavy atom. The number of hydrogen-bond acceptors (Lipinski definition) is 10. The van der Waals surface area contributed by atoms with Crippen molar-refractivity contribution in [1.82, 2.24) is 15.0 Å². The highest BCUT2D eigenvalue weighted by Gasteiger charge is 2.20. The van der Waals surface area contributed by atoms with E-state index in [2.05, 4.69) is 25.4 Å². The number of benzene rings is 4. The summed E-state index contributed by atoms with van der Waals surface area (Å²) in [4.78, 5) is 6.99. The van der Waals surface area contributed by atoms with E-state index in [0.717, 1.165) is 37.1 Å². The fraction of sp³-hybridized carbons (Fsp3) is 0.242. The van der Waals surface area contributed by atoms with E-state index in [4.69, 9.17) is 9.47 Å². The van der Waals surface area contributed by atoms with Crippen LogP contribution in [0.1, 0.15) is 18.4 Å². The fourth-order valence-electron chi connectivity index (χ4n) is 5.34. The highest BCUT2D eigenvalue weighted by Crippen LogP contribution is 2.42. The molecular weight excluding hydrogens is 592 g/mol. The van der Waals surface area contributed by atoms with Crippen molar-refractivity contribution in [1.29, 1.82) is 0 Å². The van der Waals surface area contributed by atoms with Gasteiger partial charge in [0.05, 0.1) is 23.4 Å². The molecule has 4 aromatic rings. The molecule has 0 spiro atoms. The maximum Gasteiger partial charge on any atom is 0.240 e. The fourth-order valence-corrected chi connectivity index (χ4v) is 6.36. The standard InChI is InChI=1S/C33H35N6O5S/c1-43-32-22-30-31(21-29(32)25-10-7-11-27(20-25)44-23-24-8-3-2-4-9-24)39(40)37-33(36-30)35-26-12-14-28(15-13-26)45(41,42)34-16-19-38-17-5-6-18-38/h2-4,7-15,20-22,34H,5-6,16-19,23H2,1H3,(H2,35,36,37)/q-1. The molecule has 0 radical (unpaired) electrons. The summed E-state index contributed by atoms with van der Waals surface area (Å²) >= 11 is 0. The van der Waals surface area contributed by atoms with Gasteiger partial charge >= 0.3 is 0 Å². The summed E-state index contributed by atoms with van der Waals surface area (Å²) in [6, 6.07) is 27.2. The van der Waals surface area contributed by atoms with E-state index in [-0.39, 0.29) is 10.9 Å². The van der Waals surface area contributed by atoms with Gasteiger partial charge in [-0.3, -0.25) is 5.43 Å². The minimum absolute atomic E-state index is 0.163. The van der Waals surface area contributed by atoms with Crippen molar-refractivity contribution in [2.45, 2.75) is 24.3 Å². The van der Waals surface area contributed by atoms with Gasteiger partial charge in [0.2, 0.25) is 16.0 Å². The molecule has 2 heterocycles. The number of anilines is 2. The molecule has 6 rings (SSSR count). The Balaban J connectivity index is 1.15. The Labute approximate surface area is 263 Å². The lowest BCUT2D eigenvalue weighted by molar-refractivity contribution is 0.306. The molecule has 0 aliphatic carbocycles. The van der Waals surface area contributed by atoms with Crippen LogP contribution >= 0.6 is 0 Å². The molecule has 3 N–H and O–H groups in total. The van der Waals surface area contributed by atoms with Crippen molar-refractivity contribution in [3.05, 3.63) is 102 Å². The van der Waals surface area contributed by atoms with Crippen molar-refractivity contribution < 1.29 is 17.9 Å². The summed E-state index contributed by atoms with van der Waals surface area (Å²) in [5.41, 5.74) is 6.58. The number of nitrogens with zero attached hydrogens (tertiary/aromatic N) is 3. The van der Waals surface area contributed by atoms with Gasteiger partial charge in [-0.05, 0) is 79.5 Å². The number of ether oxygens (including phenoxy) is 2. The molecule has 0 aromatic heterocycles. The lowest BCUT2D eigenvalue weighted by Crippen LogP contribution is -2.44. The zero-order valence-electron chi connectivity index (χ0n) is 24.9. The van der Waals surface area contributed by atoms with Gasteiger partial charge in [-0.1, -0.05) is 42.5 Å². The predicted molar refractivity (Wildman–Crippen MR) is 176 cm³/mol. The quantitative estimate of drug-likeness (QED) is 0.204. The first-order valence-corrected chi connectivity index (χ1v) is 16.3. The number of guanidine groups is 1. The topological polar surface area (TPSA) is 131 Å². The lowest BCUT2D eigenvalue weighted by Gasteiger charge is -2.36. The van der Waals surface area contributed by atoms with Gasteiger partial charge in [0.15, 0.2) is 0 Å². The Morgan fingerprint density at radius 2 is 1.73 bits per heavy atom. The average molecular weight is 628 g/mol. The Kier molecular flexibility index (Phi) is 9.17. The summed E-state index contributed by atoms with van der Waals surface area (Å²) < 4.78 is 39.8. The highest BCUT2D eigenvalue weighted by molar-refractivity contribution is 7.89. The van der Waals surface area contributed by atoms with E-state index >= 15 is 0 Å². The van der Waals surface area contributed by atoms with Crippen LogP contribution in [-0.2, 0) is 16.6 Å². The predicted octanol–water partition coefficient (Wildman–Crippen LogP) is 5.24. The molecule has 1 fully saturated rings. The second kappa shape index (κ2) is 13.6. The molecule has 4 aromatic carbocycles. The highest BCUT2D eigenvalue weighted by atomic mass is 32.2. The second-order valence-corrected chi connectivity index (χ2v) is 12.6. The first-order valence-electron chi connectivity index (χ1n) is 14.8. The van der Waals surface area contributed by atoms with Gasteiger partial charge in [0, 0.05) is 30.4 Å². The lowest BCUT2D eigenvalue weighted by atomic mass is 10.0. The number of methoxy groups -OCH3 is 1. The molecule has 1 saturated heterocycles. The van der Waals surface area contributed by atoms with Crippen molar-refractivity contribution in [3.63, 3.8) is 0 Å². The Hall–Kier alpha value is -4.62. The first kappa shape index (κ1) is 30.4. The number of rotatable bonds is 11. The summed E-state index contributed by atoms with van der Waals surface area (Å²) in [5, 5.41) is 16.8. The number of aliphatic imine (C=N–C) groups is 1.